The summed E-state index contributed by atoms with van der Waals surface area (Å²) in [5.41, 5.74) is 0. The van der Waals surface area contributed by atoms with Crippen LogP contribution in [0, 0.1) is 6.54 Å². The monoisotopic (exact) mass is 155 g/mol. The molecule has 1 aliphatic rings. The Bertz CT molecular complexity index is 141. The third kappa shape index (κ3) is 2.19. The number of amides is 1. The summed E-state index contributed by atoms with van der Waals surface area (Å²) in [6, 6.07) is 0. The lowest BCUT2D eigenvalue weighted by atomic mass is 10.2. The van der Waals surface area contributed by atoms with Gasteiger partial charge < -0.3 is 0 Å². The largest absolute Gasteiger partial charge is 0.278 e. The molecule has 0 saturated carbocycles. The molecule has 0 aromatic rings. The summed E-state index contributed by atoms with van der Waals surface area (Å²) in [6.45, 7) is 4.66. The van der Waals surface area contributed by atoms with Gasteiger partial charge in [0.05, 0.1) is 0 Å². The van der Waals surface area contributed by atoms with Crippen molar-refractivity contribution in [1.29, 1.82) is 0 Å². The highest BCUT2D eigenvalue weighted by Gasteiger charge is 2.16. The molecule has 0 aliphatic carbocycles. The SMILES string of the molecule is CC(=O)N(C)N1[CH]CCCC1. The van der Waals surface area contributed by atoms with Crippen LogP contribution in [0.3, 0.4) is 0 Å². The minimum Gasteiger partial charge on any atom is -0.278 e. The molecular weight excluding hydrogens is 140 g/mol. The number of hydrogen-bond donors (Lipinski definition) is 0. The highest BCUT2D eigenvalue weighted by atomic mass is 16.2. The van der Waals surface area contributed by atoms with Crippen LogP contribution in [0.15, 0.2) is 0 Å². The number of nitrogens with zero attached hydrogens (tertiary/aromatic N) is 2. The second-order valence-electron chi connectivity index (χ2n) is 2.88. The predicted molar refractivity (Wildman–Crippen MR) is 43.3 cm³/mol. The van der Waals surface area contributed by atoms with Crippen LogP contribution >= 0.6 is 0 Å². The van der Waals surface area contributed by atoms with Crippen LogP contribution in [0.1, 0.15) is 26.2 Å². The maximum Gasteiger partial charge on any atom is 0.233 e. The molecule has 1 amide bonds. The van der Waals surface area contributed by atoms with Crippen molar-refractivity contribution >= 4 is 5.91 Å². The van der Waals surface area contributed by atoms with Crippen molar-refractivity contribution < 1.29 is 4.79 Å². The fraction of sp³-hybridized carbons (Fsp3) is 0.750. The lowest BCUT2D eigenvalue weighted by Crippen LogP contribution is -2.42. The Morgan fingerprint density at radius 3 is 2.73 bits per heavy atom. The first-order chi connectivity index (χ1) is 5.22. The molecule has 0 atom stereocenters. The lowest BCUT2D eigenvalue weighted by Gasteiger charge is -2.33. The highest BCUT2D eigenvalue weighted by molar-refractivity contribution is 5.72. The van der Waals surface area contributed by atoms with Crippen molar-refractivity contribution in [1.82, 2.24) is 10.0 Å². The number of hydrazine groups is 1. The van der Waals surface area contributed by atoms with Gasteiger partial charge in [0.1, 0.15) is 0 Å². The minimum atomic E-state index is 0.100. The summed E-state index contributed by atoms with van der Waals surface area (Å²) >= 11 is 0. The quantitative estimate of drug-likeness (QED) is 0.564. The van der Waals surface area contributed by atoms with Crippen molar-refractivity contribution in [3.63, 3.8) is 0 Å². The van der Waals surface area contributed by atoms with Gasteiger partial charge in [-0.3, -0.25) is 9.80 Å². The van der Waals surface area contributed by atoms with Crippen LogP contribution < -0.4 is 0 Å². The molecule has 1 heterocycles. The van der Waals surface area contributed by atoms with Crippen molar-refractivity contribution in [2.45, 2.75) is 26.2 Å². The van der Waals surface area contributed by atoms with E-state index in [1.165, 1.54) is 12.8 Å². The van der Waals surface area contributed by atoms with Crippen molar-refractivity contribution in [2.75, 3.05) is 13.6 Å². The molecule has 3 heteroatoms. The minimum absolute atomic E-state index is 0.100. The van der Waals surface area contributed by atoms with E-state index in [1.807, 2.05) is 12.1 Å². The average Bonchev–Trinajstić information content (AvgIpc) is 2.05. The zero-order chi connectivity index (χ0) is 8.27. The van der Waals surface area contributed by atoms with Gasteiger partial charge in [0.15, 0.2) is 0 Å². The molecule has 1 rings (SSSR count). The number of carbonyl (C=O) groups excluding carboxylic acids is 1. The third-order valence-corrected chi connectivity index (χ3v) is 2.02. The molecule has 1 fully saturated rings. The van der Waals surface area contributed by atoms with E-state index in [0.29, 0.717) is 0 Å². The molecule has 0 aromatic heterocycles. The van der Waals surface area contributed by atoms with Crippen LogP contribution in [0.25, 0.3) is 0 Å². The zero-order valence-corrected chi connectivity index (χ0v) is 7.21. The summed E-state index contributed by atoms with van der Waals surface area (Å²) in [6.07, 6.45) is 3.54. The van der Waals surface area contributed by atoms with Gasteiger partial charge in [-0.2, -0.15) is 0 Å². The van der Waals surface area contributed by atoms with Crippen LogP contribution in [0.2, 0.25) is 0 Å². The maximum atomic E-state index is 10.9. The summed E-state index contributed by atoms with van der Waals surface area (Å²) in [5, 5.41) is 3.66. The van der Waals surface area contributed by atoms with Crippen LogP contribution in [0.4, 0.5) is 0 Å². The van der Waals surface area contributed by atoms with Gasteiger partial charge in [0.25, 0.3) is 0 Å². The van der Waals surface area contributed by atoms with E-state index in [0.717, 1.165) is 13.0 Å². The number of rotatable bonds is 1. The van der Waals surface area contributed by atoms with E-state index >= 15 is 0 Å². The van der Waals surface area contributed by atoms with Crippen molar-refractivity contribution in [3.05, 3.63) is 6.54 Å². The van der Waals surface area contributed by atoms with Gasteiger partial charge in [-0.05, 0) is 12.8 Å². The summed E-state index contributed by atoms with van der Waals surface area (Å²) in [7, 11) is 1.81. The zero-order valence-electron chi connectivity index (χ0n) is 7.21. The molecule has 0 unspecified atom stereocenters. The average molecular weight is 155 g/mol. The molecule has 0 aromatic carbocycles. The Morgan fingerprint density at radius 2 is 2.27 bits per heavy atom. The van der Waals surface area contributed by atoms with E-state index < -0.39 is 0 Å². The molecule has 11 heavy (non-hydrogen) atoms. The van der Waals surface area contributed by atoms with Crippen LogP contribution in [-0.4, -0.2) is 29.5 Å². The van der Waals surface area contributed by atoms with E-state index in [-0.39, 0.29) is 5.91 Å². The van der Waals surface area contributed by atoms with Crippen molar-refractivity contribution in [2.24, 2.45) is 0 Å². The Morgan fingerprint density at radius 1 is 1.55 bits per heavy atom. The lowest BCUT2D eigenvalue weighted by molar-refractivity contribution is -0.141. The Labute approximate surface area is 67.9 Å². The van der Waals surface area contributed by atoms with Crippen molar-refractivity contribution in [3.8, 4) is 0 Å². The standard InChI is InChI=1S/C8H15N2O/c1-8(11)9(2)10-6-4-3-5-7-10/h6H,3-5,7H2,1-2H3. The molecule has 0 bridgehead atoms. The maximum absolute atomic E-state index is 10.9. The predicted octanol–water partition coefficient (Wildman–Crippen LogP) is 1.03. The van der Waals surface area contributed by atoms with Gasteiger partial charge in [-0.15, -0.1) is 0 Å². The number of hydrogen-bond acceptors (Lipinski definition) is 2. The van der Waals surface area contributed by atoms with E-state index in [9.17, 15) is 4.79 Å². The first-order valence-corrected chi connectivity index (χ1v) is 4.06. The topological polar surface area (TPSA) is 23.6 Å². The molecule has 1 radical (unpaired) electrons. The van der Waals surface area contributed by atoms with Gasteiger partial charge in [0, 0.05) is 27.1 Å². The molecule has 63 valence electrons. The highest BCUT2D eigenvalue weighted by Crippen LogP contribution is 2.13. The normalized spacial score (nSPS) is 19.8. The first-order valence-electron chi connectivity index (χ1n) is 4.06. The Kier molecular flexibility index (Phi) is 2.88. The second kappa shape index (κ2) is 3.72. The molecule has 0 spiro atoms. The second-order valence-corrected chi connectivity index (χ2v) is 2.88. The summed E-state index contributed by atoms with van der Waals surface area (Å²) < 4.78 is 0. The van der Waals surface area contributed by atoms with E-state index in [4.69, 9.17) is 0 Å². The number of piperidine rings is 1. The van der Waals surface area contributed by atoms with Gasteiger partial charge in [-0.25, -0.2) is 5.01 Å². The van der Waals surface area contributed by atoms with E-state index in [2.05, 4.69) is 6.54 Å². The molecule has 0 N–H and O–H groups in total. The molecular formula is C8H15N2O. The Balaban J connectivity index is 2.38. The number of carbonyl (C=O) groups is 1. The third-order valence-electron chi connectivity index (χ3n) is 2.02. The van der Waals surface area contributed by atoms with Crippen LogP contribution in [0.5, 0.6) is 0 Å². The summed E-state index contributed by atoms with van der Waals surface area (Å²) in [5.74, 6) is 0.100. The van der Waals surface area contributed by atoms with Crippen LogP contribution in [-0.2, 0) is 4.79 Å². The first kappa shape index (κ1) is 8.53. The van der Waals surface area contributed by atoms with E-state index in [1.54, 1.807) is 11.9 Å². The molecule has 3 nitrogen and oxygen atoms in total. The molecule has 1 aliphatic heterocycles. The summed E-state index contributed by atoms with van der Waals surface area (Å²) in [4.78, 5) is 10.9. The fourth-order valence-corrected chi connectivity index (χ4v) is 1.20. The fourth-order valence-electron chi connectivity index (χ4n) is 1.20. The Hall–Kier alpha value is -0.570. The van der Waals surface area contributed by atoms with Gasteiger partial charge in [-0.1, -0.05) is 6.42 Å². The molecule has 1 saturated heterocycles. The van der Waals surface area contributed by atoms with Gasteiger partial charge >= 0.3 is 0 Å². The van der Waals surface area contributed by atoms with Gasteiger partial charge in [0.2, 0.25) is 5.91 Å². The smallest absolute Gasteiger partial charge is 0.233 e.